The number of carbonyl (C=O) groups excluding carboxylic acids is 2. The fourth-order valence-corrected chi connectivity index (χ4v) is 4.03. The summed E-state index contributed by atoms with van der Waals surface area (Å²) in [6, 6.07) is 4.17. The van der Waals surface area contributed by atoms with Gasteiger partial charge in [-0.2, -0.15) is 0 Å². The number of thiophene rings is 1. The van der Waals surface area contributed by atoms with Crippen molar-refractivity contribution < 1.29 is 14.3 Å². The number of rotatable bonds is 6. The average molecular weight is 365 g/mol. The Morgan fingerprint density at radius 2 is 1.68 bits per heavy atom. The molecule has 3 rings (SSSR count). The topological polar surface area (TPSA) is 53.1 Å². The van der Waals surface area contributed by atoms with Gasteiger partial charge in [-0.25, -0.2) is 0 Å². The number of aryl methyl sites for hydroxylation is 1. The minimum Gasteiger partial charge on any atom is -0.379 e. The van der Waals surface area contributed by atoms with E-state index in [0.717, 1.165) is 25.9 Å². The lowest BCUT2D eigenvalue weighted by atomic mass is 10.2. The van der Waals surface area contributed by atoms with E-state index in [2.05, 4.69) is 22.4 Å². The van der Waals surface area contributed by atoms with Crippen LogP contribution >= 0.6 is 11.3 Å². The number of hydrogen-bond acceptors (Lipinski definition) is 5. The zero-order valence-electron chi connectivity index (χ0n) is 14.7. The highest BCUT2D eigenvalue weighted by molar-refractivity contribution is 7.09. The number of morpholine rings is 1. The maximum absolute atomic E-state index is 12.4. The van der Waals surface area contributed by atoms with Gasteiger partial charge in [-0.3, -0.25) is 14.5 Å². The smallest absolute Gasteiger partial charge is 0.236 e. The van der Waals surface area contributed by atoms with E-state index >= 15 is 0 Å². The van der Waals surface area contributed by atoms with Crippen molar-refractivity contribution in [3.63, 3.8) is 0 Å². The first-order chi connectivity index (χ1) is 12.2. The molecule has 0 aliphatic carbocycles. The summed E-state index contributed by atoms with van der Waals surface area (Å²) >= 11 is 1.75. The minimum atomic E-state index is 0.173. The van der Waals surface area contributed by atoms with Crippen LogP contribution in [0.3, 0.4) is 0 Å². The lowest BCUT2D eigenvalue weighted by Crippen LogP contribution is -2.53. The van der Waals surface area contributed by atoms with Gasteiger partial charge in [0, 0.05) is 50.6 Å². The molecule has 1 aromatic heterocycles. The molecule has 0 N–H and O–H groups in total. The van der Waals surface area contributed by atoms with E-state index in [1.807, 2.05) is 9.80 Å². The molecule has 7 heteroatoms. The Hall–Kier alpha value is -1.44. The van der Waals surface area contributed by atoms with Crippen LogP contribution in [0.2, 0.25) is 0 Å². The van der Waals surface area contributed by atoms with Gasteiger partial charge in [0.1, 0.15) is 0 Å². The van der Waals surface area contributed by atoms with Crippen LogP contribution < -0.4 is 0 Å². The number of nitrogens with zero attached hydrogens (tertiary/aromatic N) is 3. The standard InChI is InChI=1S/C18H27N3O3S/c22-17(5-1-3-16-4-2-14-25-16)20-6-8-21(9-7-20)18(23)15-19-10-12-24-13-11-19/h2,4,14H,1,3,5-13,15H2. The molecule has 0 radical (unpaired) electrons. The molecular weight excluding hydrogens is 338 g/mol. The van der Waals surface area contributed by atoms with Crippen molar-refractivity contribution in [1.29, 1.82) is 0 Å². The molecule has 2 amide bonds. The maximum atomic E-state index is 12.4. The fraction of sp³-hybridized carbons (Fsp3) is 0.667. The molecule has 0 bridgehead atoms. The zero-order chi connectivity index (χ0) is 17.5. The van der Waals surface area contributed by atoms with Crippen LogP contribution in [0.25, 0.3) is 0 Å². The van der Waals surface area contributed by atoms with Crippen molar-refractivity contribution >= 4 is 23.2 Å². The predicted molar refractivity (Wildman–Crippen MR) is 97.7 cm³/mol. The van der Waals surface area contributed by atoms with Gasteiger partial charge in [-0.05, 0) is 24.3 Å². The highest BCUT2D eigenvalue weighted by atomic mass is 32.1. The average Bonchev–Trinajstić information content (AvgIpc) is 3.16. The molecule has 0 unspecified atom stereocenters. The Bertz CT molecular complexity index is 550. The van der Waals surface area contributed by atoms with E-state index in [1.165, 1.54) is 4.88 Å². The van der Waals surface area contributed by atoms with E-state index in [0.29, 0.717) is 52.4 Å². The molecule has 3 heterocycles. The first-order valence-corrected chi connectivity index (χ1v) is 9.98. The minimum absolute atomic E-state index is 0.173. The van der Waals surface area contributed by atoms with Crippen LogP contribution in [0.4, 0.5) is 0 Å². The summed E-state index contributed by atoms with van der Waals surface area (Å²) < 4.78 is 5.31. The Morgan fingerprint density at radius 3 is 2.32 bits per heavy atom. The summed E-state index contributed by atoms with van der Waals surface area (Å²) in [6.07, 6.45) is 2.47. The quantitative estimate of drug-likeness (QED) is 0.757. The fourth-order valence-electron chi connectivity index (χ4n) is 3.28. The van der Waals surface area contributed by atoms with Crippen molar-refractivity contribution in [3.8, 4) is 0 Å². The van der Waals surface area contributed by atoms with Gasteiger partial charge in [0.25, 0.3) is 0 Å². The molecule has 0 aromatic carbocycles. The Labute approximate surface area is 153 Å². The van der Waals surface area contributed by atoms with Gasteiger partial charge in [0.15, 0.2) is 0 Å². The number of hydrogen-bond donors (Lipinski definition) is 0. The van der Waals surface area contributed by atoms with Crippen LogP contribution in [0.15, 0.2) is 17.5 Å². The summed E-state index contributed by atoms with van der Waals surface area (Å²) in [5.41, 5.74) is 0. The van der Waals surface area contributed by atoms with Crippen molar-refractivity contribution in [1.82, 2.24) is 14.7 Å². The maximum Gasteiger partial charge on any atom is 0.236 e. The largest absolute Gasteiger partial charge is 0.379 e. The molecule has 2 fully saturated rings. The number of amides is 2. The third-order valence-corrected chi connectivity index (χ3v) is 5.78. The van der Waals surface area contributed by atoms with E-state index in [4.69, 9.17) is 4.74 Å². The van der Waals surface area contributed by atoms with Crippen molar-refractivity contribution in [2.75, 3.05) is 59.0 Å². The monoisotopic (exact) mass is 365 g/mol. The van der Waals surface area contributed by atoms with Gasteiger partial charge in [0.2, 0.25) is 11.8 Å². The van der Waals surface area contributed by atoms with E-state index in [-0.39, 0.29) is 11.8 Å². The van der Waals surface area contributed by atoms with E-state index in [1.54, 1.807) is 11.3 Å². The normalized spacial score (nSPS) is 19.2. The number of carbonyl (C=O) groups is 2. The Kier molecular flexibility index (Phi) is 6.84. The van der Waals surface area contributed by atoms with Crippen molar-refractivity contribution in [2.24, 2.45) is 0 Å². The van der Waals surface area contributed by atoms with Gasteiger partial charge in [0.05, 0.1) is 19.8 Å². The molecule has 6 nitrogen and oxygen atoms in total. The van der Waals surface area contributed by atoms with Gasteiger partial charge in [-0.1, -0.05) is 6.07 Å². The first-order valence-electron chi connectivity index (χ1n) is 9.10. The SMILES string of the molecule is O=C(CCCc1cccs1)N1CCN(C(=O)CN2CCOCC2)CC1. The van der Waals surface area contributed by atoms with Crippen LogP contribution in [0, 0.1) is 0 Å². The third-order valence-electron chi connectivity index (χ3n) is 4.84. The van der Waals surface area contributed by atoms with E-state index in [9.17, 15) is 9.59 Å². The van der Waals surface area contributed by atoms with Crippen LogP contribution in [-0.2, 0) is 20.7 Å². The van der Waals surface area contributed by atoms with Gasteiger partial charge < -0.3 is 14.5 Å². The molecule has 0 spiro atoms. The summed E-state index contributed by atoms with van der Waals surface area (Å²) in [4.78, 5) is 32.0. The lowest BCUT2D eigenvalue weighted by Gasteiger charge is -2.36. The summed E-state index contributed by atoms with van der Waals surface area (Å²) in [5, 5.41) is 2.07. The van der Waals surface area contributed by atoms with Crippen LogP contribution in [-0.4, -0.2) is 85.5 Å². The van der Waals surface area contributed by atoms with Crippen LogP contribution in [0.1, 0.15) is 17.7 Å². The molecule has 0 saturated carbocycles. The number of ether oxygens (including phenoxy) is 1. The second-order valence-electron chi connectivity index (χ2n) is 6.58. The van der Waals surface area contributed by atoms with Gasteiger partial charge in [-0.15, -0.1) is 11.3 Å². The van der Waals surface area contributed by atoms with Crippen molar-refractivity contribution in [3.05, 3.63) is 22.4 Å². The summed E-state index contributed by atoms with van der Waals surface area (Å²) in [6.45, 7) is 6.17. The summed E-state index contributed by atoms with van der Waals surface area (Å²) in [5.74, 6) is 0.392. The van der Waals surface area contributed by atoms with E-state index < -0.39 is 0 Å². The second-order valence-corrected chi connectivity index (χ2v) is 7.62. The molecule has 1 aromatic rings. The third kappa shape index (κ3) is 5.52. The summed E-state index contributed by atoms with van der Waals surface area (Å²) in [7, 11) is 0. The highest BCUT2D eigenvalue weighted by Gasteiger charge is 2.25. The number of piperazine rings is 1. The predicted octanol–water partition coefficient (Wildman–Crippen LogP) is 1.07. The molecule has 2 aliphatic rings. The lowest BCUT2D eigenvalue weighted by molar-refractivity contribution is -0.140. The Balaban J connectivity index is 1.34. The molecular formula is C18H27N3O3S. The van der Waals surface area contributed by atoms with Gasteiger partial charge >= 0.3 is 0 Å². The first kappa shape index (κ1) is 18.4. The molecule has 2 saturated heterocycles. The molecule has 25 heavy (non-hydrogen) atoms. The van der Waals surface area contributed by atoms with Crippen molar-refractivity contribution in [2.45, 2.75) is 19.3 Å². The zero-order valence-corrected chi connectivity index (χ0v) is 15.5. The van der Waals surface area contributed by atoms with Crippen LogP contribution in [0.5, 0.6) is 0 Å². The second kappa shape index (κ2) is 9.31. The molecule has 138 valence electrons. The molecule has 0 atom stereocenters. The highest BCUT2D eigenvalue weighted by Crippen LogP contribution is 2.13. The Morgan fingerprint density at radius 1 is 1.00 bits per heavy atom. The molecule has 2 aliphatic heterocycles.